The van der Waals surface area contributed by atoms with E-state index in [1.807, 2.05) is 0 Å². The van der Waals surface area contributed by atoms with Crippen LogP contribution in [0.1, 0.15) is 26.2 Å². The molecule has 0 atom stereocenters. The van der Waals surface area contributed by atoms with Crippen LogP contribution in [0.4, 0.5) is 0 Å². The van der Waals surface area contributed by atoms with Gasteiger partial charge in [0.1, 0.15) is 0 Å². The van der Waals surface area contributed by atoms with Crippen LogP contribution in [0.15, 0.2) is 0 Å². The maximum absolute atomic E-state index is 7.21. The smallest absolute Gasteiger partial charge is 0.0102 e. The maximum atomic E-state index is 7.21. The third-order valence-electron chi connectivity index (χ3n) is 0.998. The summed E-state index contributed by atoms with van der Waals surface area (Å²) in [6.45, 7) is 2.70. The minimum absolute atomic E-state index is 0.624. The van der Waals surface area contributed by atoms with Gasteiger partial charge < -0.3 is 11.1 Å². The topological polar surface area (TPSA) is 49.9 Å². The van der Waals surface area contributed by atoms with Gasteiger partial charge in [-0.25, -0.2) is 0 Å². The van der Waals surface area contributed by atoms with Gasteiger partial charge in [-0.15, -0.1) is 0 Å². The molecule has 0 aliphatic heterocycles. The number of nitrogens with two attached hydrogens (primary N) is 1. The lowest BCUT2D eigenvalue weighted by molar-refractivity contribution is 0.927. The zero-order valence-corrected chi connectivity index (χ0v) is 5.41. The lowest BCUT2D eigenvalue weighted by Gasteiger charge is -1.95. The lowest BCUT2D eigenvalue weighted by Crippen LogP contribution is -2.06. The van der Waals surface area contributed by atoms with E-state index in [0.29, 0.717) is 6.54 Å². The molecular formula is C6H14N2. The molecule has 0 fully saturated rings. The molecule has 0 aliphatic rings. The van der Waals surface area contributed by atoms with Crippen molar-refractivity contribution in [3.05, 3.63) is 0 Å². The Balaban J connectivity index is 3.06. The Bertz CT molecular complexity index is 60.9. The molecule has 0 spiro atoms. The fourth-order valence-corrected chi connectivity index (χ4v) is 0.601. The van der Waals surface area contributed by atoms with Gasteiger partial charge in [0.2, 0.25) is 0 Å². The van der Waals surface area contributed by atoms with Gasteiger partial charge in [-0.1, -0.05) is 13.3 Å². The van der Waals surface area contributed by atoms with E-state index in [9.17, 15) is 0 Å². The van der Waals surface area contributed by atoms with Crippen molar-refractivity contribution >= 4 is 5.71 Å². The van der Waals surface area contributed by atoms with E-state index < -0.39 is 0 Å². The van der Waals surface area contributed by atoms with Crippen LogP contribution >= 0.6 is 0 Å². The van der Waals surface area contributed by atoms with Crippen LogP contribution in [0.5, 0.6) is 0 Å². The number of hydrogen-bond acceptors (Lipinski definition) is 2. The third kappa shape index (κ3) is 3.81. The Morgan fingerprint density at radius 2 is 2.12 bits per heavy atom. The molecule has 8 heavy (non-hydrogen) atoms. The zero-order chi connectivity index (χ0) is 6.41. The minimum atomic E-state index is 0.624. The molecule has 0 aromatic rings. The molecule has 0 aromatic carbocycles. The van der Waals surface area contributed by atoms with Crippen molar-refractivity contribution in [1.82, 2.24) is 0 Å². The SMILES string of the molecule is CCCC(=N)CCN. The van der Waals surface area contributed by atoms with E-state index in [-0.39, 0.29) is 0 Å². The lowest BCUT2D eigenvalue weighted by atomic mass is 10.2. The standard InChI is InChI=1S/C6H14N2/c1-2-3-6(8)4-5-7/h8H,2-5,7H2,1H3. The first kappa shape index (κ1) is 7.63. The van der Waals surface area contributed by atoms with Gasteiger partial charge >= 0.3 is 0 Å². The predicted octanol–water partition coefficient (Wildman–Crippen LogP) is 1.16. The molecule has 0 amide bonds. The Kier molecular flexibility index (Phi) is 4.56. The van der Waals surface area contributed by atoms with E-state index in [4.69, 9.17) is 11.1 Å². The monoisotopic (exact) mass is 114 g/mol. The highest BCUT2D eigenvalue weighted by atomic mass is 14.5. The van der Waals surface area contributed by atoms with Crippen molar-refractivity contribution in [1.29, 1.82) is 5.41 Å². The van der Waals surface area contributed by atoms with Crippen LogP contribution in [0, 0.1) is 5.41 Å². The Morgan fingerprint density at radius 1 is 1.50 bits per heavy atom. The van der Waals surface area contributed by atoms with Gasteiger partial charge in [-0.3, -0.25) is 0 Å². The van der Waals surface area contributed by atoms with Crippen molar-refractivity contribution < 1.29 is 0 Å². The summed E-state index contributed by atoms with van der Waals surface area (Å²) in [5.74, 6) is 0. The van der Waals surface area contributed by atoms with Crippen molar-refractivity contribution in [2.24, 2.45) is 5.73 Å². The van der Waals surface area contributed by atoms with Gasteiger partial charge in [0.05, 0.1) is 0 Å². The Labute approximate surface area is 50.6 Å². The summed E-state index contributed by atoms with van der Waals surface area (Å²) < 4.78 is 0. The molecule has 2 heteroatoms. The summed E-state index contributed by atoms with van der Waals surface area (Å²) in [5, 5.41) is 7.21. The second-order valence-electron chi connectivity index (χ2n) is 1.89. The van der Waals surface area contributed by atoms with Crippen LogP contribution < -0.4 is 5.73 Å². The van der Waals surface area contributed by atoms with Crippen molar-refractivity contribution in [2.75, 3.05) is 6.54 Å². The van der Waals surface area contributed by atoms with Crippen molar-refractivity contribution in [3.63, 3.8) is 0 Å². The minimum Gasteiger partial charge on any atom is -0.330 e. The van der Waals surface area contributed by atoms with Crippen LogP contribution in [0.3, 0.4) is 0 Å². The Morgan fingerprint density at radius 3 is 2.50 bits per heavy atom. The average molecular weight is 114 g/mol. The summed E-state index contributed by atoms with van der Waals surface area (Å²) in [5.41, 5.74) is 6.01. The highest BCUT2D eigenvalue weighted by molar-refractivity contribution is 5.81. The third-order valence-corrected chi connectivity index (χ3v) is 0.998. The molecule has 0 rings (SSSR count). The molecule has 0 aromatic heterocycles. The van der Waals surface area contributed by atoms with E-state index in [2.05, 4.69) is 6.92 Å². The first-order chi connectivity index (χ1) is 3.81. The highest BCUT2D eigenvalue weighted by Crippen LogP contribution is 1.91. The summed E-state index contributed by atoms with van der Waals surface area (Å²) in [6, 6.07) is 0. The zero-order valence-electron chi connectivity index (χ0n) is 5.41. The molecule has 48 valence electrons. The first-order valence-corrected chi connectivity index (χ1v) is 3.07. The quantitative estimate of drug-likeness (QED) is 0.529. The summed E-state index contributed by atoms with van der Waals surface area (Å²) in [4.78, 5) is 0. The molecule has 0 saturated carbocycles. The molecule has 0 aliphatic carbocycles. The van der Waals surface area contributed by atoms with Crippen LogP contribution in [0.2, 0.25) is 0 Å². The maximum Gasteiger partial charge on any atom is 0.0102 e. The summed E-state index contributed by atoms with van der Waals surface area (Å²) in [6.07, 6.45) is 2.75. The summed E-state index contributed by atoms with van der Waals surface area (Å²) >= 11 is 0. The molecule has 0 unspecified atom stereocenters. The predicted molar refractivity (Wildman–Crippen MR) is 36.3 cm³/mol. The van der Waals surface area contributed by atoms with Crippen LogP contribution in [-0.2, 0) is 0 Å². The normalized spacial score (nSPS) is 9.25. The average Bonchev–Trinajstić information content (AvgIpc) is 1.68. The van der Waals surface area contributed by atoms with Crippen molar-refractivity contribution in [2.45, 2.75) is 26.2 Å². The number of nitrogens with one attached hydrogen (secondary N) is 1. The fourth-order valence-electron chi connectivity index (χ4n) is 0.601. The van der Waals surface area contributed by atoms with Gasteiger partial charge in [0.15, 0.2) is 0 Å². The van der Waals surface area contributed by atoms with Crippen LogP contribution in [0.25, 0.3) is 0 Å². The summed E-state index contributed by atoms with van der Waals surface area (Å²) in [7, 11) is 0. The van der Waals surface area contributed by atoms with E-state index in [0.717, 1.165) is 25.0 Å². The second-order valence-corrected chi connectivity index (χ2v) is 1.89. The fraction of sp³-hybridized carbons (Fsp3) is 0.833. The number of rotatable bonds is 4. The first-order valence-electron chi connectivity index (χ1n) is 3.07. The molecular weight excluding hydrogens is 100 g/mol. The van der Waals surface area contributed by atoms with Gasteiger partial charge in [-0.2, -0.15) is 0 Å². The molecule has 3 N–H and O–H groups in total. The van der Waals surface area contributed by atoms with Crippen LogP contribution in [-0.4, -0.2) is 12.3 Å². The van der Waals surface area contributed by atoms with Crippen molar-refractivity contribution in [3.8, 4) is 0 Å². The van der Waals surface area contributed by atoms with Gasteiger partial charge in [-0.05, 0) is 19.4 Å². The molecule has 0 radical (unpaired) electrons. The van der Waals surface area contributed by atoms with E-state index in [1.165, 1.54) is 0 Å². The van der Waals surface area contributed by atoms with E-state index >= 15 is 0 Å². The van der Waals surface area contributed by atoms with Gasteiger partial charge in [0.25, 0.3) is 0 Å². The largest absolute Gasteiger partial charge is 0.330 e. The second kappa shape index (κ2) is 4.78. The molecule has 0 saturated heterocycles. The van der Waals surface area contributed by atoms with Gasteiger partial charge in [0, 0.05) is 5.71 Å². The molecule has 0 heterocycles. The highest BCUT2D eigenvalue weighted by Gasteiger charge is 1.90. The molecule has 2 nitrogen and oxygen atoms in total. The molecule has 0 bridgehead atoms. The van der Waals surface area contributed by atoms with E-state index in [1.54, 1.807) is 0 Å². The number of hydrogen-bond donors (Lipinski definition) is 2. The Hall–Kier alpha value is -0.370.